The SMILES string of the molecule is C#Cc1c(F)ccc2cc(O)cc(-c3nc(OC)c4c(N5CCCOCC5)nc(OCC56CCCC5N(C5CCC5)CCC6)nc4c3F)c12. The molecular formula is C38H41F2N5O4. The minimum absolute atomic E-state index is 0.00141. The standard InChI is InChI=1S/C38H41F2N5O4/c1-3-26-28(39)12-11-23-20-25(46)21-27(30(23)26)33-32(40)34-31(36(41-33)47-2)35(44-15-7-18-48-19-17-44)43-37(42-34)49-22-38-13-5-10-29(38)45(16-6-14-38)24-8-4-9-24/h1,11-12,20-21,24,29,46H,4-10,13-19,22H2,2H3. The van der Waals surface area contributed by atoms with Crippen LogP contribution in [-0.4, -0.2) is 83.6 Å². The van der Waals surface area contributed by atoms with E-state index in [1.807, 2.05) is 4.90 Å². The van der Waals surface area contributed by atoms with E-state index in [1.165, 1.54) is 50.6 Å². The molecule has 4 fully saturated rings. The first-order valence-corrected chi connectivity index (χ1v) is 17.5. The van der Waals surface area contributed by atoms with Crippen LogP contribution in [0.1, 0.15) is 63.4 Å². The van der Waals surface area contributed by atoms with Crippen molar-refractivity contribution in [1.29, 1.82) is 0 Å². The van der Waals surface area contributed by atoms with Crippen LogP contribution in [0.2, 0.25) is 0 Å². The summed E-state index contributed by atoms with van der Waals surface area (Å²) in [6.45, 7) is 3.84. The molecule has 49 heavy (non-hydrogen) atoms. The Balaban J connectivity index is 1.27. The van der Waals surface area contributed by atoms with Gasteiger partial charge in [-0.05, 0) is 75.1 Å². The van der Waals surface area contributed by atoms with E-state index in [9.17, 15) is 9.50 Å². The first-order chi connectivity index (χ1) is 23.9. The van der Waals surface area contributed by atoms with Crippen LogP contribution in [0.25, 0.3) is 32.9 Å². The van der Waals surface area contributed by atoms with Gasteiger partial charge in [-0.2, -0.15) is 9.97 Å². The van der Waals surface area contributed by atoms with Gasteiger partial charge in [0.2, 0.25) is 5.88 Å². The Morgan fingerprint density at radius 3 is 2.65 bits per heavy atom. The van der Waals surface area contributed by atoms with Gasteiger partial charge in [-0.15, -0.1) is 6.42 Å². The normalized spacial score (nSPS) is 23.2. The average molecular weight is 670 g/mol. The maximum absolute atomic E-state index is 17.1. The molecule has 4 aliphatic rings. The summed E-state index contributed by atoms with van der Waals surface area (Å²) in [4.78, 5) is 19.0. The molecule has 2 aromatic heterocycles. The van der Waals surface area contributed by atoms with E-state index < -0.39 is 11.6 Å². The number of nitrogens with zero attached hydrogens (tertiary/aromatic N) is 5. The number of hydrogen-bond acceptors (Lipinski definition) is 9. The zero-order valence-corrected chi connectivity index (χ0v) is 27.8. The number of halogens is 2. The zero-order valence-electron chi connectivity index (χ0n) is 27.8. The summed E-state index contributed by atoms with van der Waals surface area (Å²) >= 11 is 0. The number of aromatic hydroxyl groups is 1. The molecule has 4 aromatic rings. The molecule has 2 aromatic carbocycles. The fraction of sp³-hybridized carbons (Fsp3) is 0.500. The van der Waals surface area contributed by atoms with Crippen LogP contribution in [0.3, 0.4) is 0 Å². The van der Waals surface area contributed by atoms with Crippen LogP contribution in [0.5, 0.6) is 17.6 Å². The molecule has 8 rings (SSSR count). The molecule has 2 saturated carbocycles. The van der Waals surface area contributed by atoms with Gasteiger partial charge >= 0.3 is 6.01 Å². The van der Waals surface area contributed by atoms with E-state index in [-0.39, 0.29) is 50.8 Å². The van der Waals surface area contributed by atoms with Crippen molar-refractivity contribution in [3.8, 4) is 41.2 Å². The number of piperidine rings is 1. The van der Waals surface area contributed by atoms with Gasteiger partial charge in [0.1, 0.15) is 34.0 Å². The quantitative estimate of drug-likeness (QED) is 0.218. The molecule has 11 heteroatoms. The van der Waals surface area contributed by atoms with Crippen molar-refractivity contribution < 1.29 is 28.1 Å². The molecule has 9 nitrogen and oxygen atoms in total. The summed E-state index contributed by atoms with van der Waals surface area (Å²) in [5, 5.41) is 11.7. The van der Waals surface area contributed by atoms with Crippen LogP contribution in [0.4, 0.5) is 14.6 Å². The van der Waals surface area contributed by atoms with Crippen LogP contribution in [0, 0.1) is 29.4 Å². The Morgan fingerprint density at radius 1 is 1.00 bits per heavy atom. The van der Waals surface area contributed by atoms with Crippen LogP contribution in [-0.2, 0) is 4.74 Å². The highest BCUT2D eigenvalue weighted by atomic mass is 19.1. The third-order valence-corrected chi connectivity index (χ3v) is 11.3. The van der Waals surface area contributed by atoms with Crippen molar-refractivity contribution in [2.24, 2.45) is 5.41 Å². The Morgan fingerprint density at radius 2 is 1.86 bits per heavy atom. The molecule has 2 aliphatic carbocycles. The molecule has 4 heterocycles. The maximum Gasteiger partial charge on any atom is 0.319 e. The number of hydrogen-bond donors (Lipinski definition) is 1. The third-order valence-electron chi connectivity index (χ3n) is 11.3. The van der Waals surface area contributed by atoms with E-state index in [1.54, 1.807) is 0 Å². The Kier molecular flexibility index (Phi) is 8.40. The predicted molar refractivity (Wildman–Crippen MR) is 183 cm³/mol. The van der Waals surface area contributed by atoms with Crippen molar-refractivity contribution >= 4 is 27.5 Å². The van der Waals surface area contributed by atoms with Gasteiger partial charge in [-0.3, -0.25) is 4.90 Å². The van der Waals surface area contributed by atoms with E-state index in [0.29, 0.717) is 61.6 Å². The van der Waals surface area contributed by atoms with E-state index in [2.05, 4.69) is 15.8 Å². The number of benzene rings is 2. The fourth-order valence-electron chi connectivity index (χ4n) is 8.74. The highest BCUT2D eigenvalue weighted by Crippen LogP contribution is 2.50. The number of anilines is 1. The summed E-state index contributed by atoms with van der Waals surface area (Å²) in [5.41, 5.74) is -0.156. The number of pyridine rings is 1. The van der Waals surface area contributed by atoms with Crippen LogP contribution >= 0.6 is 0 Å². The lowest BCUT2D eigenvalue weighted by atomic mass is 9.73. The number of aromatic nitrogens is 3. The minimum Gasteiger partial charge on any atom is -0.508 e. The number of ether oxygens (including phenoxy) is 3. The molecule has 0 bridgehead atoms. The van der Waals surface area contributed by atoms with Crippen molar-refractivity contribution in [3.05, 3.63) is 41.5 Å². The highest BCUT2D eigenvalue weighted by molar-refractivity contribution is 6.04. The molecule has 2 unspecified atom stereocenters. The van der Waals surface area contributed by atoms with Gasteiger partial charge in [0.15, 0.2) is 5.82 Å². The topological polar surface area (TPSA) is 93.1 Å². The fourth-order valence-corrected chi connectivity index (χ4v) is 8.74. The van der Waals surface area contributed by atoms with Crippen molar-refractivity contribution in [2.45, 2.75) is 69.9 Å². The molecule has 1 N–H and O–H groups in total. The van der Waals surface area contributed by atoms with E-state index >= 15 is 4.39 Å². The number of phenolic OH excluding ortho intramolecular Hbond substituents is 1. The zero-order chi connectivity index (χ0) is 33.7. The van der Waals surface area contributed by atoms with Crippen molar-refractivity contribution in [2.75, 3.05) is 51.5 Å². The number of terminal acetylenes is 1. The lowest BCUT2D eigenvalue weighted by Gasteiger charge is -2.51. The molecule has 0 radical (unpaired) electrons. The number of fused-ring (bicyclic) bond motifs is 3. The number of phenols is 1. The maximum atomic E-state index is 17.1. The summed E-state index contributed by atoms with van der Waals surface area (Å²) in [6, 6.07) is 6.73. The van der Waals surface area contributed by atoms with E-state index in [0.717, 1.165) is 45.1 Å². The Hall–Kier alpha value is -4.27. The largest absolute Gasteiger partial charge is 0.508 e. The monoisotopic (exact) mass is 669 g/mol. The molecule has 0 spiro atoms. The molecule has 2 saturated heterocycles. The highest BCUT2D eigenvalue weighted by Gasteiger charge is 2.50. The van der Waals surface area contributed by atoms with Crippen molar-refractivity contribution in [3.63, 3.8) is 0 Å². The van der Waals surface area contributed by atoms with Gasteiger partial charge < -0.3 is 24.2 Å². The van der Waals surface area contributed by atoms with E-state index in [4.69, 9.17) is 30.6 Å². The second-order valence-corrected chi connectivity index (χ2v) is 13.9. The summed E-state index contributed by atoms with van der Waals surface area (Å²) in [7, 11) is 1.45. The second-order valence-electron chi connectivity index (χ2n) is 13.9. The molecule has 0 amide bonds. The van der Waals surface area contributed by atoms with Gasteiger partial charge in [0.25, 0.3) is 0 Å². The van der Waals surface area contributed by atoms with Crippen LogP contribution in [0.15, 0.2) is 24.3 Å². The number of rotatable bonds is 7. The minimum atomic E-state index is -0.778. The molecule has 256 valence electrons. The molecule has 2 atom stereocenters. The Labute approximate surface area is 284 Å². The lowest BCUT2D eigenvalue weighted by Crippen LogP contribution is -2.57. The smallest absolute Gasteiger partial charge is 0.319 e. The van der Waals surface area contributed by atoms with Gasteiger partial charge in [0.05, 0.1) is 25.9 Å². The first-order valence-electron chi connectivity index (χ1n) is 17.5. The van der Waals surface area contributed by atoms with Gasteiger partial charge in [0, 0.05) is 48.1 Å². The van der Waals surface area contributed by atoms with Gasteiger partial charge in [-0.25, -0.2) is 13.8 Å². The van der Waals surface area contributed by atoms with Crippen molar-refractivity contribution in [1.82, 2.24) is 19.9 Å². The summed E-state index contributed by atoms with van der Waals surface area (Å²) in [5.74, 6) is 1.38. The third kappa shape index (κ3) is 5.49. The summed E-state index contributed by atoms with van der Waals surface area (Å²) < 4.78 is 50.2. The van der Waals surface area contributed by atoms with Crippen LogP contribution < -0.4 is 14.4 Å². The number of methoxy groups -OCH3 is 1. The molecule has 2 aliphatic heterocycles. The number of likely N-dealkylation sites (tertiary alicyclic amines) is 1. The average Bonchev–Trinajstić information content (AvgIpc) is 3.33. The molecular weight excluding hydrogens is 628 g/mol. The second kappa shape index (κ2) is 12.9. The first kappa shape index (κ1) is 32.0. The van der Waals surface area contributed by atoms with Gasteiger partial charge in [-0.1, -0.05) is 24.8 Å². The lowest BCUT2D eigenvalue weighted by molar-refractivity contribution is -0.0399. The predicted octanol–water partition coefficient (Wildman–Crippen LogP) is 6.61. The Bertz CT molecular complexity index is 1960. The summed E-state index contributed by atoms with van der Waals surface area (Å²) in [6.07, 6.45) is 16.0.